The maximum Gasteiger partial charge on any atom is 0.0534 e. The van der Waals surface area contributed by atoms with Gasteiger partial charge in [-0.3, -0.25) is 9.58 Å². The zero-order valence-electron chi connectivity index (χ0n) is 12.6. The van der Waals surface area contributed by atoms with E-state index >= 15 is 0 Å². The van der Waals surface area contributed by atoms with Crippen LogP contribution in [0.2, 0.25) is 0 Å². The number of rotatable bonds is 4. The van der Waals surface area contributed by atoms with Gasteiger partial charge in [0.25, 0.3) is 0 Å². The number of nitrogens with two attached hydrogens (primary N) is 1. The molecule has 0 amide bonds. The fraction of sp³-hybridized carbons (Fsp3) is 0.438. The molecule has 1 aliphatic heterocycles. The van der Waals surface area contributed by atoms with Crippen molar-refractivity contribution in [3.8, 4) is 0 Å². The van der Waals surface area contributed by atoms with Crippen molar-refractivity contribution in [2.24, 2.45) is 12.8 Å². The third-order valence-corrected chi connectivity index (χ3v) is 4.07. The Labute approximate surface area is 126 Å². The van der Waals surface area contributed by atoms with Crippen LogP contribution < -0.4 is 10.6 Å². The Morgan fingerprint density at radius 1 is 1.05 bits per heavy atom. The van der Waals surface area contributed by atoms with E-state index in [0.29, 0.717) is 6.54 Å². The van der Waals surface area contributed by atoms with E-state index in [1.54, 1.807) is 0 Å². The lowest BCUT2D eigenvalue weighted by Gasteiger charge is -2.36. The molecule has 1 aliphatic rings. The number of aryl methyl sites for hydroxylation is 1. The van der Waals surface area contributed by atoms with Crippen molar-refractivity contribution in [2.45, 2.75) is 13.1 Å². The van der Waals surface area contributed by atoms with Gasteiger partial charge in [0.2, 0.25) is 0 Å². The molecule has 21 heavy (non-hydrogen) atoms. The van der Waals surface area contributed by atoms with Crippen LogP contribution in [0, 0.1) is 0 Å². The fourth-order valence-corrected chi connectivity index (χ4v) is 2.82. The van der Waals surface area contributed by atoms with Gasteiger partial charge in [0, 0.05) is 63.8 Å². The number of benzene rings is 1. The molecule has 1 aromatic carbocycles. The van der Waals surface area contributed by atoms with Gasteiger partial charge in [-0.1, -0.05) is 12.1 Å². The van der Waals surface area contributed by atoms with Gasteiger partial charge < -0.3 is 10.6 Å². The number of anilines is 1. The minimum atomic E-state index is 0.610. The number of hydrogen-bond donors (Lipinski definition) is 1. The van der Waals surface area contributed by atoms with Gasteiger partial charge in [-0.25, -0.2) is 0 Å². The number of nitrogens with zero attached hydrogens (tertiary/aromatic N) is 4. The number of aromatic nitrogens is 2. The molecule has 0 bridgehead atoms. The number of hydrogen-bond acceptors (Lipinski definition) is 4. The first-order chi connectivity index (χ1) is 10.2. The lowest BCUT2D eigenvalue weighted by molar-refractivity contribution is 0.250. The predicted octanol–water partition coefficient (Wildman–Crippen LogP) is 1.20. The molecule has 0 saturated carbocycles. The molecule has 3 rings (SSSR count). The van der Waals surface area contributed by atoms with Crippen LogP contribution in [-0.2, 0) is 20.1 Å². The monoisotopic (exact) mass is 285 g/mol. The van der Waals surface area contributed by atoms with Crippen LogP contribution in [-0.4, -0.2) is 40.9 Å². The highest BCUT2D eigenvalue weighted by atomic mass is 15.3. The molecular weight excluding hydrogens is 262 g/mol. The van der Waals surface area contributed by atoms with Crippen molar-refractivity contribution >= 4 is 5.69 Å². The van der Waals surface area contributed by atoms with Gasteiger partial charge in [0.05, 0.1) is 6.20 Å². The molecule has 0 radical (unpaired) electrons. The van der Waals surface area contributed by atoms with Crippen molar-refractivity contribution in [1.82, 2.24) is 14.7 Å². The van der Waals surface area contributed by atoms with Crippen molar-refractivity contribution in [3.63, 3.8) is 0 Å². The third-order valence-electron chi connectivity index (χ3n) is 4.07. The van der Waals surface area contributed by atoms with E-state index in [2.05, 4.69) is 45.4 Å². The molecule has 5 nitrogen and oxygen atoms in total. The van der Waals surface area contributed by atoms with Crippen LogP contribution in [0.5, 0.6) is 0 Å². The Morgan fingerprint density at radius 3 is 2.33 bits per heavy atom. The van der Waals surface area contributed by atoms with E-state index in [4.69, 9.17) is 5.73 Å². The number of piperazine rings is 1. The Balaban J connectivity index is 1.54. The summed E-state index contributed by atoms with van der Waals surface area (Å²) in [6.45, 7) is 5.93. The highest BCUT2D eigenvalue weighted by Crippen LogP contribution is 2.18. The zero-order chi connectivity index (χ0) is 14.7. The molecule has 2 aromatic rings. The van der Waals surface area contributed by atoms with Crippen LogP contribution >= 0.6 is 0 Å². The molecule has 0 unspecified atom stereocenters. The van der Waals surface area contributed by atoms with Gasteiger partial charge in [-0.2, -0.15) is 5.10 Å². The molecular formula is C16H23N5. The fourth-order valence-electron chi connectivity index (χ4n) is 2.82. The molecule has 5 heteroatoms. The molecule has 0 aliphatic carbocycles. The van der Waals surface area contributed by atoms with E-state index in [1.165, 1.54) is 16.8 Å². The SMILES string of the molecule is Cn1cc(CN2CCN(c3ccc(CN)cc3)CC2)cn1. The third kappa shape index (κ3) is 3.43. The smallest absolute Gasteiger partial charge is 0.0534 e. The minimum Gasteiger partial charge on any atom is -0.369 e. The highest BCUT2D eigenvalue weighted by Gasteiger charge is 2.17. The van der Waals surface area contributed by atoms with E-state index in [1.807, 2.05) is 17.9 Å². The zero-order valence-corrected chi connectivity index (χ0v) is 12.6. The highest BCUT2D eigenvalue weighted by molar-refractivity contribution is 5.48. The van der Waals surface area contributed by atoms with Crippen LogP contribution in [0.3, 0.4) is 0 Å². The largest absolute Gasteiger partial charge is 0.369 e. The first kappa shape index (κ1) is 14.1. The summed E-state index contributed by atoms with van der Waals surface area (Å²) in [5.41, 5.74) is 9.42. The predicted molar refractivity (Wildman–Crippen MR) is 85.0 cm³/mol. The minimum absolute atomic E-state index is 0.610. The first-order valence-corrected chi connectivity index (χ1v) is 7.48. The van der Waals surface area contributed by atoms with Crippen molar-refractivity contribution < 1.29 is 0 Å². The summed E-state index contributed by atoms with van der Waals surface area (Å²) in [4.78, 5) is 4.93. The van der Waals surface area contributed by atoms with Crippen LogP contribution in [0.15, 0.2) is 36.7 Å². The quantitative estimate of drug-likeness (QED) is 0.917. The summed E-state index contributed by atoms with van der Waals surface area (Å²) in [7, 11) is 1.96. The van der Waals surface area contributed by atoms with Gasteiger partial charge >= 0.3 is 0 Å². The first-order valence-electron chi connectivity index (χ1n) is 7.48. The van der Waals surface area contributed by atoms with Crippen LogP contribution in [0.1, 0.15) is 11.1 Å². The second kappa shape index (κ2) is 6.28. The summed E-state index contributed by atoms with van der Waals surface area (Å²) >= 11 is 0. The molecule has 1 saturated heterocycles. The summed E-state index contributed by atoms with van der Waals surface area (Å²) in [5.74, 6) is 0. The second-order valence-corrected chi connectivity index (χ2v) is 5.66. The van der Waals surface area contributed by atoms with Gasteiger partial charge in [0.1, 0.15) is 0 Å². The molecule has 1 fully saturated rings. The second-order valence-electron chi connectivity index (χ2n) is 5.66. The maximum absolute atomic E-state index is 5.64. The summed E-state index contributed by atoms with van der Waals surface area (Å²) in [5, 5.41) is 4.23. The standard InChI is InChI=1S/C16H23N5/c1-19-12-15(11-18-19)13-20-6-8-21(9-7-20)16-4-2-14(10-17)3-5-16/h2-5,11-12H,6-10,13,17H2,1H3. The van der Waals surface area contributed by atoms with Crippen molar-refractivity contribution in [3.05, 3.63) is 47.8 Å². The summed E-state index contributed by atoms with van der Waals surface area (Å²) < 4.78 is 1.87. The molecule has 0 spiro atoms. The Bertz CT molecular complexity index is 567. The van der Waals surface area contributed by atoms with E-state index < -0.39 is 0 Å². The van der Waals surface area contributed by atoms with E-state index in [0.717, 1.165) is 32.7 Å². The summed E-state index contributed by atoms with van der Waals surface area (Å²) in [6.07, 6.45) is 4.05. The average Bonchev–Trinajstić information content (AvgIpc) is 2.93. The van der Waals surface area contributed by atoms with Crippen molar-refractivity contribution in [1.29, 1.82) is 0 Å². The van der Waals surface area contributed by atoms with Gasteiger partial charge in [-0.15, -0.1) is 0 Å². The molecule has 0 atom stereocenters. The summed E-state index contributed by atoms with van der Waals surface area (Å²) in [6, 6.07) is 8.60. The van der Waals surface area contributed by atoms with Crippen molar-refractivity contribution in [2.75, 3.05) is 31.1 Å². The lowest BCUT2D eigenvalue weighted by atomic mass is 10.2. The lowest BCUT2D eigenvalue weighted by Crippen LogP contribution is -2.45. The molecule has 2 heterocycles. The topological polar surface area (TPSA) is 50.3 Å². The maximum atomic E-state index is 5.64. The van der Waals surface area contributed by atoms with E-state index in [9.17, 15) is 0 Å². The normalized spacial score (nSPS) is 16.4. The Kier molecular flexibility index (Phi) is 4.22. The van der Waals surface area contributed by atoms with Crippen LogP contribution in [0.25, 0.3) is 0 Å². The van der Waals surface area contributed by atoms with Crippen LogP contribution in [0.4, 0.5) is 5.69 Å². The van der Waals surface area contributed by atoms with Gasteiger partial charge in [-0.05, 0) is 17.7 Å². The van der Waals surface area contributed by atoms with Gasteiger partial charge in [0.15, 0.2) is 0 Å². The average molecular weight is 285 g/mol. The Hall–Kier alpha value is -1.85. The molecule has 112 valence electrons. The Morgan fingerprint density at radius 2 is 1.76 bits per heavy atom. The molecule has 2 N–H and O–H groups in total. The molecule has 1 aromatic heterocycles. The van der Waals surface area contributed by atoms with E-state index in [-0.39, 0.29) is 0 Å².